The number of amides is 1. The highest BCUT2D eigenvalue weighted by Crippen LogP contribution is 2.32. The third-order valence-electron chi connectivity index (χ3n) is 5.97. The minimum Gasteiger partial charge on any atom is -0.454 e. The van der Waals surface area contributed by atoms with Gasteiger partial charge in [0.05, 0.1) is 6.42 Å². The summed E-state index contributed by atoms with van der Waals surface area (Å²) in [4.78, 5) is 28.7. The number of aryl methyl sites for hydroxylation is 1. The SMILES string of the molecule is Cc1cc(N2CCCC2)nc(N2CCN(C(=O)Cc3ccc4c(c3)OCO4)CC2)n1. The molecule has 3 aliphatic rings. The molecule has 158 valence electrons. The van der Waals surface area contributed by atoms with Crippen molar-refractivity contribution in [2.75, 3.05) is 55.9 Å². The van der Waals surface area contributed by atoms with E-state index in [1.165, 1.54) is 12.8 Å². The van der Waals surface area contributed by atoms with E-state index < -0.39 is 0 Å². The molecule has 2 saturated heterocycles. The van der Waals surface area contributed by atoms with Crippen LogP contribution < -0.4 is 19.3 Å². The van der Waals surface area contributed by atoms with Gasteiger partial charge in [-0.1, -0.05) is 6.07 Å². The molecule has 2 fully saturated rings. The summed E-state index contributed by atoms with van der Waals surface area (Å²) >= 11 is 0. The molecule has 0 bridgehead atoms. The lowest BCUT2D eigenvalue weighted by Gasteiger charge is -2.35. The van der Waals surface area contributed by atoms with Gasteiger partial charge in [-0.2, -0.15) is 4.98 Å². The summed E-state index contributed by atoms with van der Waals surface area (Å²) in [6, 6.07) is 7.77. The first kappa shape index (κ1) is 19.0. The van der Waals surface area contributed by atoms with Gasteiger partial charge in [0.2, 0.25) is 18.6 Å². The van der Waals surface area contributed by atoms with E-state index in [9.17, 15) is 4.79 Å². The van der Waals surface area contributed by atoms with E-state index in [0.717, 1.165) is 60.7 Å². The maximum absolute atomic E-state index is 12.8. The number of hydrogen-bond donors (Lipinski definition) is 0. The van der Waals surface area contributed by atoms with Gasteiger partial charge in [0.15, 0.2) is 11.5 Å². The number of carbonyl (C=O) groups excluding carboxylic acids is 1. The zero-order chi connectivity index (χ0) is 20.5. The van der Waals surface area contributed by atoms with E-state index in [4.69, 9.17) is 14.5 Å². The van der Waals surface area contributed by atoms with Gasteiger partial charge >= 0.3 is 0 Å². The maximum Gasteiger partial charge on any atom is 0.231 e. The number of ether oxygens (including phenoxy) is 2. The van der Waals surface area contributed by atoms with Crippen LogP contribution >= 0.6 is 0 Å². The molecule has 1 aromatic heterocycles. The van der Waals surface area contributed by atoms with Crippen molar-refractivity contribution >= 4 is 17.7 Å². The molecule has 3 aliphatic heterocycles. The summed E-state index contributed by atoms with van der Waals surface area (Å²) in [5.41, 5.74) is 1.94. The standard InChI is InChI=1S/C22H27N5O3/c1-16-12-20(25-6-2-3-7-25)24-22(23-16)27-10-8-26(9-11-27)21(28)14-17-4-5-18-19(13-17)30-15-29-18/h4-5,12-13H,2-3,6-11,14-15H2,1H3. The van der Waals surface area contributed by atoms with Crippen molar-refractivity contribution in [1.82, 2.24) is 14.9 Å². The smallest absolute Gasteiger partial charge is 0.231 e. The lowest BCUT2D eigenvalue weighted by Crippen LogP contribution is -2.49. The second-order valence-corrected chi connectivity index (χ2v) is 8.09. The molecule has 8 nitrogen and oxygen atoms in total. The molecule has 1 amide bonds. The van der Waals surface area contributed by atoms with Crippen LogP contribution in [0.15, 0.2) is 24.3 Å². The first-order valence-corrected chi connectivity index (χ1v) is 10.7. The number of aromatic nitrogens is 2. The van der Waals surface area contributed by atoms with Crippen LogP contribution in [0, 0.1) is 6.92 Å². The van der Waals surface area contributed by atoms with Crippen LogP contribution in [0.25, 0.3) is 0 Å². The molecule has 0 N–H and O–H groups in total. The molecule has 0 radical (unpaired) electrons. The second-order valence-electron chi connectivity index (χ2n) is 8.09. The van der Waals surface area contributed by atoms with Gasteiger partial charge in [0.25, 0.3) is 0 Å². The summed E-state index contributed by atoms with van der Waals surface area (Å²) in [5.74, 6) is 3.40. The highest BCUT2D eigenvalue weighted by atomic mass is 16.7. The first-order valence-electron chi connectivity index (χ1n) is 10.7. The monoisotopic (exact) mass is 409 g/mol. The molecule has 0 unspecified atom stereocenters. The zero-order valence-electron chi connectivity index (χ0n) is 17.3. The van der Waals surface area contributed by atoms with Crippen molar-refractivity contribution in [2.24, 2.45) is 0 Å². The predicted molar refractivity (Wildman–Crippen MR) is 113 cm³/mol. The van der Waals surface area contributed by atoms with E-state index in [1.807, 2.05) is 30.0 Å². The lowest BCUT2D eigenvalue weighted by atomic mass is 10.1. The zero-order valence-corrected chi connectivity index (χ0v) is 17.3. The van der Waals surface area contributed by atoms with Crippen LogP contribution in [0.2, 0.25) is 0 Å². The van der Waals surface area contributed by atoms with Crippen molar-refractivity contribution in [3.05, 3.63) is 35.5 Å². The Morgan fingerprint density at radius 3 is 2.50 bits per heavy atom. The predicted octanol–water partition coefficient (Wildman–Crippen LogP) is 2.01. The Bertz CT molecular complexity index is 936. The Morgan fingerprint density at radius 1 is 0.933 bits per heavy atom. The molecule has 2 aromatic rings. The van der Waals surface area contributed by atoms with Crippen LogP contribution in [-0.4, -0.2) is 66.8 Å². The van der Waals surface area contributed by atoms with Gasteiger partial charge in [0, 0.05) is 51.0 Å². The van der Waals surface area contributed by atoms with Gasteiger partial charge < -0.3 is 24.2 Å². The summed E-state index contributed by atoms with van der Waals surface area (Å²) in [7, 11) is 0. The van der Waals surface area contributed by atoms with Crippen molar-refractivity contribution in [1.29, 1.82) is 0 Å². The van der Waals surface area contributed by atoms with Crippen molar-refractivity contribution in [3.63, 3.8) is 0 Å². The second kappa shape index (κ2) is 8.01. The van der Waals surface area contributed by atoms with Crippen LogP contribution in [-0.2, 0) is 11.2 Å². The third kappa shape index (κ3) is 3.86. The summed E-state index contributed by atoms with van der Waals surface area (Å²) < 4.78 is 10.8. The lowest BCUT2D eigenvalue weighted by molar-refractivity contribution is -0.130. The largest absolute Gasteiger partial charge is 0.454 e. The number of benzene rings is 1. The first-order chi connectivity index (χ1) is 14.7. The summed E-state index contributed by atoms with van der Waals surface area (Å²) in [5, 5.41) is 0. The molecule has 4 heterocycles. The van der Waals surface area contributed by atoms with Gasteiger partial charge in [-0.25, -0.2) is 4.98 Å². The highest BCUT2D eigenvalue weighted by molar-refractivity contribution is 5.79. The molecular formula is C22H27N5O3. The molecular weight excluding hydrogens is 382 g/mol. The Kier molecular flexibility index (Phi) is 5.06. The van der Waals surface area contributed by atoms with E-state index in [2.05, 4.69) is 20.9 Å². The normalized spacial score (nSPS) is 18.2. The maximum atomic E-state index is 12.8. The number of rotatable bonds is 4. The number of nitrogens with zero attached hydrogens (tertiary/aromatic N) is 5. The van der Waals surface area contributed by atoms with Crippen molar-refractivity contribution in [3.8, 4) is 11.5 Å². The Labute approximate surface area is 176 Å². The fraction of sp³-hybridized carbons (Fsp3) is 0.500. The van der Waals surface area contributed by atoms with Crippen molar-refractivity contribution in [2.45, 2.75) is 26.2 Å². The van der Waals surface area contributed by atoms with Gasteiger partial charge in [-0.15, -0.1) is 0 Å². The van der Waals surface area contributed by atoms with Gasteiger partial charge in [-0.3, -0.25) is 4.79 Å². The van der Waals surface area contributed by atoms with Crippen LogP contribution in [0.5, 0.6) is 11.5 Å². The molecule has 8 heteroatoms. The van der Waals surface area contributed by atoms with Crippen LogP contribution in [0.3, 0.4) is 0 Å². The van der Waals surface area contributed by atoms with E-state index >= 15 is 0 Å². The minimum atomic E-state index is 0.136. The summed E-state index contributed by atoms with van der Waals surface area (Å²) in [6.45, 7) is 7.26. The fourth-order valence-electron chi connectivity index (χ4n) is 4.28. The molecule has 5 rings (SSSR count). The molecule has 0 aliphatic carbocycles. The van der Waals surface area contributed by atoms with E-state index in [1.54, 1.807) is 0 Å². The highest BCUT2D eigenvalue weighted by Gasteiger charge is 2.25. The Balaban J connectivity index is 1.20. The quantitative estimate of drug-likeness (QED) is 0.765. The molecule has 0 atom stereocenters. The van der Waals surface area contributed by atoms with Gasteiger partial charge in [0.1, 0.15) is 5.82 Å². The molecule has 0 saturated carbocycles. The van der Waals surface area contributed by atoms with E-state index in [-0.39, 0.29) is 12.7 Å². The number of fused-ring (bicyclic) bond motifs is 1. The average molecular weight is 409 g/mol. The number of hydrogen-bond acceptors (Lipinski definition) is 7. The number of carbonyl (C=O) groups is 1. The topological polar surface area (TPSA) is 71.0 Å². The fourth-order valence-corrected chi connectivity index (χ4v) is 4.28. The molecule has 30 heavy (non-hydrogen) atoms. The van der Waals surface area contributed by atoms with Crippen molar-refractivity contribution < 1.29 is 14.3 Å². The molecule has 0 spiro atoms. The van der Waals surface area contributed by atoms with Crippen LogP contribution in [0.4, 0.5) is 11.8 Å². The Hall–Kier alpha value is -3.03. The third-order valence-corrected chi connectivity index (χ3v) is 5.97. The van der Waals surface area contributed by atoms with Gasteiger partial charge in [-0.05, 0) is 37.5 Å². The Morgan fingerprint density at radius 2 is 1.70 bits per heavy atom. The number of anilines is 2. The van der Waals surface area contributed by atoms with Crippen LogP contribution in [0.1, 0.15) is 24.1 Å². The number of piperazine rings is 1. The minimum absolute atomic E-state index is 0.136. The molecule has 1 aromatic carbocycles. The summed E-state index contributed by atoms with van der Waals surface area (Å²) in [6.07, 6.45) is 2.82. The van der Waals surface area contributed by atoms with E-state index in [0.29, 0.717) is 19.5 Å². The average Bonchev–Trinajstić information content (AvgIpc) is 3.45.